The number of hydrazine groups is 1. The first kappa shape index (κ1) is 13.1. The van der Waals surface area contributed by atoms with Gasteiger partial charge in [-0.2, -0.15) is 0 Å². The van der Waals surface area contributed by atoms with Crippen molar-refractivity contribution in [3.05, 3.63) is 11.9 Å². The van der Waals surface area contributed by atoms with E-state index >= 15 is 0 Å². The second-order valence-electron chi connectivity index (χ2n) is 5.05. The first-order valence-corrected chi connectivity index (χ1v) is 6.77. The maximum Gasteiger partial charge on any atom is 0.148 e. The Morgan fingerprint density at radius 1 is 1.39 bits per heavy atom. The van der Waals surface area contributed by atoms with E-state index in [1.165, 1.54) is 25.7 Å². The predicted octanol–water partition coefficient (Wildman–Crippen LogP) is 1.95. The Balaban J connectivity index is 2.15. The summed E-state index contributed by atoms with van der Waals surface area (Å²) in [5, 5.41) is 0. The fourth-order valence-corrected chi connectivity index (χ4v) is 2.85. The van der Waals surface area contributed by atoms with Crippen molar-refractivity contribution >= 4 is 11.6 Å². The van der Waals surface area contributed by atoms with Gasteiger partial charge < -0.3 is 10.3 Å². The summed E-state index contributed by atoms with van der Waals surface area (Å²) in [4.78, 5) is 10.8. The maximum absolute atomic E-state index is 5.50. The lowest BCUT2D eigenvalue weighted by molar-refractivity contribution is 0.544. The van der Waals surface area contributed by atoms with Gasteiger partial charge in [0.2, 0.25) is 0 Å². The van der Waals surface area contributed by atoms with Gasteiger partial charge in [0.15, 0.2) is 0 Å². The van der Waals surface area contributed by atoms with Crippen LogP contribution in [0, 0.1) is 5.92 Å². The van der Waals surface area contributed by atoms with Crippen LogP contribution in [0.4, 0.5) is 11.6 Å². The number of nitrogens with two attached hydrogens (primary N) is 1. The van der Waals surface area contributed by atoms with Gasteiger partial charge in [0, 0.05) is 19.2 Å². The molecule has 18 heavy (non-hydrogen) atoms. The van der Waals surface area contributed by atoms with E-state index in [0.717, 1.165) is 36.1 Å². The van der Waals surface area contributed by atoms with Crippen molar-refractivity contribution in [3.63, 3.8) is 0 Å². The van der Waals surface area contributed by atoms with Crippen LogP contribution in [-0.4, -0.2) is 23.6 Å². The van der Waals surface area contributed by atoms with E-state index in [0.29, 0.717) is 0 Å². The smallest absolute Gasteiger partial charge is 0.148 e. The average molecular weight is 249 g/mol. The standard InChI is InChI=1S/C13H23N5/c1-3-11-12(17-14)15-9-16-13(11)18(2)8-10-6-4-5-7-10/h9-10H,3-8,14H2,1-2H3,(H,15,16,17). The van der Waals surface area contributed by atoms with E-state index in [-0.39, 0.29) is 0 Å². The molecule has 1 aromatic rings. The van der Waals surface area contributed by atoms with Crippen molar-refractivity contribution in [3.8, 4) is 0 Å². The minimum atomic E-state index is 0.737. The minimum absolute atomic E-state index is 0.737. The normalized spacial score (nSPS) is 15.9. The number of nitrogen functional groups attached to an aromatic ring is 1. The zero-order valence-corrected chi connectivity index (χ0v) is 11.3. The SMILES string of the molecule is CCc1c(NN)ncnc1N(C)CC1CCCC1. The molecular formula is C13H23N5. The number of nitrogens with one attached hydrogen (secondary N) is 1. The second-order valence-corrected chi connectivity index (χ2v) is 5.05. The van der Waals surface area contributed by atoms with Crippen LogP contribution in [0.5, 0.6) is 0 Å². The molecule has 0 amide bonds. The van der Waals surface area contributed by atoms with Crippen molar-refractivity contribution in [1.29, 1.82) is 0 Å². The molecule has 5 heteroatoms. The molecule has 100 valence electrons. The molecular weight excluding hydrogens is 226 g/mol. The third-order valence-electron chi connectivity index (χ3n) is 3.78. The summed E-state index contributed by atoms with van der Waals surface area (Å²) in [6.45, 7) is 3.18. The molecule has 0 atom stereocenters. The zero-order valence-electron chi connectivity index (χ0n) is 11.3. The number of hydrogen-bond acceptors (Lipinski definition) is 5. The summed E-state index contributed by atoms with van der Waals surface area (Å²) in [5.41, 5.74) is 3.76. The van der Waals surface area contributed by atoms with Gasteiger partial charge in [0.1, 0.15) is 18.0 Å². The van der Waals surface area contributed by atoms with E-state index in [1.807, 2.05) is 0 Å². The van der Waals surface area contributed by atoms with Crippen molar-refractivity contribution in [1.82, 2.24) is 9.97 Å². The molecule has 3 N–H and O–H groups in total. The Hall–Kier alpha value is -1.36. The third-order valence-corrected chi connectivity index (χ3v) is 3.78. The molecule has 0 unspecified atom stereocenters. The molecule has 1 aromatic heterocycles. The van der Waals surface area contributed by atoms with E-state index in [9.17, 15) is 0 Å². The van der Waals surface area contributed by atoms with Crippen molar-refractivity contribution in [2.75, 3.05) is 23.9 Å². The lowest BCUT2D eigenvalue weighted by Crippen LogP contribution is -2.27. The monoisotopic (exact) mass is 249 g/mol. The highest BCUT2D eigenvalue weighted by Gasteiger charge is 2.19. The van der Waals surface area contributed by atoms with E-state index in [1.54, 1.807) is 6.33 Å². The van der Waals surface area contributed by atoms with Gasteiger partial charge >= 0.3 is 0 Å². The lowest BCUT2D eigenvalue weighted by Gasteiger charge is -2.24. The highest BCUT2D eigenvalue weighted by atomic mass is 15.3. The second kappa shape index (κ2) is 6.00. The van der Waals surface area contributed by atoms with Gasteiger partial charge in [-0.25, -0.2) is 15.8 Å². The molecule has 2 rings (SSSR count). The summed E-state index contributed by atoms with van der Waals surface area (Å²) in [6, 6.07) is 0. The zero-order chi connectivity index (χ0) is 13.0. The van der Waals surface area contributed by atoms with E-state index in [4.69, 9.17) is 5.84 Å². The Morgan fingerprint density at radius 3 is 2.72 bits per heavy atom. The molecule has 1 aliphatic rings. The van der Waals surface area contributed by atoms with Crippen LogP contribution in [0.3, 0.4) is 0 Å². The van der Waals surface area contributed by atoms with Gasteiger partial charge in [-0.1, -0.05) is 19.8 Å². The first-order valence-electron chi connectivity index (χ1n) is 6.77. The van der Waals surface area contributed by atoms with Crippen LogP contribution in [0.2, 0.25) is 0 Å². The van der Waals surface area contributed by atoms with Crippen LogP contribution in [-0.2, 0) is 6.42 Å². The number of nitrogens with zero attached hydrogens (tertiary/aromatic N) is 3. The number of anilines is 2. The van der Waals surface area contributed by atoms with Crippen LogP contribution in [0.25, 0.3) is 0 Å². The van der Waals surface area contributed by atoms with Crippen LogP contribution in [0.1, 0.15) is 38.2 Å². The van der Waals surface area contributed by atoms with Gasteiger partial charge in [0.05, 0.1) is 0 Å². The van der Waals surface area contributed by atoms with Gasteiger partial charge in [-0.15, -0.1) is 0 Å². The fraction of sp³-hybridized carbons (Fsp3) is 0.692. The Kier molecular flexibility index (Phi) is 4.36. The highest BCUT2D eigenvalue weighted by Crippen LogP contribution is 2.28. The van der Waals surface area contributed by atoms with E-state index in [2.05, 4.69) is 34.3 Å². The van der Waals surface area contributed by atoms with Crippen LogP contribution in [0.15, 0.2) is 6.33 Å². The number of rotatable bonds is 5. The lowest BCUT2D eigenvalue weighted by atomic mass is 10.1. The fourth-order valence-electron chi connectivity index (χ4n) is 2.85. The summed E-state index contributed by atoms with van der Waals surface area (Å²) >= 11 is 0. The molecule has 1 fully saturated rings. The molecule has 0 aromatic carbocycles. The summed E-state index contributed by atoms with van der Waals surface area (Å²) in [7, 11) is 2.11. The van der Waals surface area contributed by atoms with Crippen LogP contribution < -0.4 is 16.2 Å². The molecule has 0 aliphatic heterocycles. The van der Waals surface area contributed by atoms with Crippen molar-refractivity contribution < 1.29 is 0 Å². The van der Waals surface area contributed by atoms with Gasteiger partial charge in [0.25, 0.3) is 0 Å². The average Bonchev–Trinajstić information content (AvgIpc) is 2.90. The molecule has 0 radical (unpaired) electrons. The van der Waals surface area contributed by atoms with Gasteiger partial charge in [-0.3, -0.25) is 0 Å². The van der Waals surface area contributed by atoms with Gasteiger partial charge in [-0.05, 0) is 25.2 Å². The highest BCUT2D eigenvalue weighted by molar-refractivity contribution is 5.57. The Labute approximate surface area is 109 Å². The molecule has 5 nitrogen and oxygen atoms in total. The molecule has 0 spiro atoms. The Bertz CT molecular complexity index is 387. The maximum atomic E-state index is 5.50. The van der Waals surface area contributed by atoms with E-state index < -0.39 is 0 Å². The number of aromatic nitrogens is 2. The van der Waals surface area contributed by atoms with Crippen molar-refractivity contribution in [2.45, 2.75) is 39.0 Å². The molecule has 0 bridgehead atoms. The minimum Gasteiger partial charge on any atom is -0.359 e. The quantitative estimate of drug-likeness (QED) is 0.616. The topological polar surface area (TPSA) is 67.1 Å². The molecule has 1 aliphatic carbocycles. The summed E-state index contributed by atoms with van der Waals surface area (Å²) in [5.74, 6) is 8.05. The molecule has 1 saturated carbocycles. The first-order chi connectivity index (χ1) is 8.76. The number of hydrogen-bond donors (Lipinski definition) is 2. The Morgan fingerprint density at radius 2 is 2.11 bits per heavy atom. The summed E-state index contributed by atoms with van der Waals surface area (Å²) < 4.78 is 0. The largest absolute Gasteiger partial charge is 0.359 e. The van der Waals surface area contributed by atoms with Crippen LogP contribution >= 0.6 is 0 Å². The van der Waals surface area contributed by atoms with Crippen molar-refractivity contribution in [2.24, 2.45) is 11.8 Å². The molecule has 0 saturated heterocycles. The summed E-state index contributed by atoms with van der Waals surface area (Å²) in [6.07, 6.45) is 7.90. The predicted molar refractivity (Wildman–Crippen MR) is 74.4 cm³/mol. The molecule has 1 heterocycles. The third kappa shape index (κ3) is 2.72.